The smallest absolute Gasteiger partial charge is 0.328 e. The molecule has 0 aromatic heterocycles. The molecule has 0 spiro atoms. The Bertz CT molecular complexity index is 181. The topological polar surface area (TPSA) is 106 Å². The lowest BCUT2D eigenvalue weighted by atomic mass is 10.2. The van der Waals surface area contributed by atoms with Crippen molar-refractivity contribution in [3.05, 3.63) is 11.6 Å². The summed E-state index contributed by atoms with van der Waals surface area (Å²) in [5.74, 6) is -2.13. The molecular formula is C6H10O5. The molecule has 0 aliphatic carbocycles. The summed E-state index contributed by atoms with van der Waals surface area (Å²) in [7, 11) is 0. The second-order valence-electron chi connectivity index (χ2n) is 1.90. The molecule has 0 amide bonds. The van der Waals surface area contributed by atoms with Crippen molar-refractivity contribution in [1.29, 1.82) is 0 Å². The van der Waals surface area contributed by atoms with Crippen molar-refractivity contribution in [3.63, 3.8) is 0 Å². The van der Waals surface area contributed by atoms with Gasteiger partial charge in [-0.25, -0.2) is 4.79 Å². The van der Waals surface area contributed by atoms with Gasteiger partial charge in [-0.1, -0.05) is 5.57 Å². The van der Waals surface area contributed by atoms with Gasteiger partial charge in [-0.05, 0) is 6.92 Å². The molecule has 0 aliphatic rings. The molecule has 0 fully saturated rings. The average Bonchev–Trinajstić information content (AvgIpc) is 1.58. The largest absolute Gasteiger partial charge is 0.481 e. The van der Waals surface area contributed by atoms with Gasteiger partial charge in [0.05, 0.1) is 6.42 Å². The van der Waals surface area contributed by atoms with Crippen LogP contribution >= 0.6 is 0 Å². The summed E-state index contributed by atoms with van der Waals surface area (Å²) in [4.78, 5) is 19.9. The fourth-order valence-electron chi connectivity index (χ4n) is 0.500. The molecule has 0 aliphatic heterocycles. The van der Waals surface area contributed by atoms with E-state index in [0.717, 1.165) is 6.08 Å². The van der Waals surface area contributed by atoms with Gasteiger partial charge < -0.3 is 15.7 Å². The summed E-state index contributed by atoms with van der Waals surface area (Å²) in [6.07, 6.45) is 0.667. The maximum absolute atomic E-state index is 9.96. The van der Waals surface area contributed by atoms with Gasteiger partial charge in [0.15, 0.2) is 0 Å². The molecule has 0 radical (unpaired) electrons. The number of hydrogen-bond donors (Lipinski definition) is 2. The number of carbonyl (C=O) groups is 2. The van der Waals surface area contributed by atoms with Gasteiger partial charge >= 0.3 is 11.9 Å². The second kappa shape index (κ2) is 5.43. The lowest BCUT2D eigenvalue weighted by Gasteiger charge is -1.91. The standard InChI is InChI=1S/C6H8O4.H2O/c1-4(2-5(7)8)3-6(9)10;/h2H,3H2,1H3,(H,7,8)(H,9,10);1H2. The van der Waals surface area contributed by atoms with E-state index in [1.165, 1.54) is 6.92 Å². The first-order valence-electron chi connectivity index (χ1n) is 2.64. The zero-order chi connectivity index (χ0) is 8.15. The predicted molar refractivity (Wildman–Crippen MR) is 37.3 cm³/mol. The Morgan fingerprint density at radius 2 is 1.82 bits per heavy atom. The number of rotatable bonds is 3. The molecule has 0 atom stereocenters. The highest BCUT2D eigenvalue weighted by atomic mass is 16.4. The Morgan fingerprint density at radius 3 is 2.09 bits per heavy atom. The molecule has 0 rings (SSSR count). The van der Waals surface area contributed by atoms with Crippen LogP contribution in [0.4, 0.5) is 0 Å². The summed E-state index contributed by atoms with van der Waals surface area (Å²) in [5.41, 5.74) is 0.333. The summed E-state index contributed by atoms with van der Waals surface area (Å²) in [6.45, 7) is 1.46. The highest BCUT2D eigenvalue weighted by molar-refractivity contribution is 5.82. The molecule has 64 valence electrons. The Labute approximate surface area is 63.3 Å². The van der Waals surface area contributed by atoms with Gasteiger partial charge in [0.1, 0.15) is 0 Å². The van der Waals surface area contributed by atoms with E-state index in [2.05, 4.69) is 0 Å². The maximum Gasteiger partial charge on any atom is 0.328 e. The van der Waals surface area contributed by atoms with Crippen LogP contribution in [0, 0.1) is 0 Å². The van der Waals surface area contributed by atoms with Crippen molar-refractivity contribution in [1.82, 2.24) is 0 Å². The van der Waals surface area contributed by atoms with Crippen molar-refractivity contribution < 1.29 is 25.3 Å². The maximum atomic E-state index is 9.96. The fraction of sp³-hybridized carbons (Fsp3) is 0.333. The average molecular weight is 162 g/mol. The number of carboxylic acid groups (broad SMARTS) is 2. The van der Waals surface area contributed by atoms with Gasteiger partial charge in [0.25, 0.3) is 0 Å². The van der Waals surface area contributed by atoms with Crippen LogP contribution in [0.5, 0.6) is 0 Å². The fourth-order valence-corrected chi connectivity index (χ4v) is 0.500. The molecular weight excluding hydrogens is 152 g/mol. The zero-order valence-electron chi connectivity index (χ0n) is 6.00. The number of hydrogen-bond acceptors (Lipinski definition) is 2. The minimum atomic E-state index is -1.11. The van der Waals surface area contributed by atoms with Gasteiger partial charge in [-0.2, -0.15) is 0 Å². The molecule has 11 heavy (non-hydrogen) atoms. The van der Waals surface area contributed by atoms with Crippen LogP contribution in [0.1, 0.15) is 13.3 Å². The molecule has 0 bridgehead atoms. The molecule has 5 heteroatoms. The third-order valence-corrected chi connectivity index (χ3v) is 0.800. The number of carboxylic acids is 2. The van der Waals surface area contributed by atoms with E-state index in [9.17, 15) is 9.59 Å². The van der Waals surface area contributed by atoms with E-state index >= 15 is 0 Å². The Hall–Kier alpha value is -1.36. The van der Waals surface area contributed by atoms with Gasteiger partial charge in [-0.15, -0.1) is 0 Å². The molecule has 0 unspecified atom stereocenters. The predicted octanol–water partition coefficient (Wildman–Crippen LogP) is -0.333. The summed E-state index contributed by atoms with van der Waals surface area (Å²) < 4.78 is 0. The first kappa shape index (κ1) is 12.3. The van der Waals surface area contributed by atoms with E-state index in [0.29, 0.717) is 5.57 Å². The highest BCUT2D eigenvalue weighted by Gasteiger charge is 1.99. The lowest BCUT2D eigenvalue weighted by Crippen LogP contribution is -1.97. The molecule has 0 saturated heterocycles. The quantitative estimate of drug-likeness (QED) is 0.554. The van der Waals surface area contributed by atoms with Crippen LogP contribution in [0.2, 0.25) is 0 Å². The molecule has 0 aromatic rings. The lowest BCUT2D eigenvalue weighted by molar-refractivity contribution is -0.136. The van der Waals surface area contributed by atoms with E-state index in [-0.39, 0.29) is 11.9 Å². The van der Waals surface area contributed by atoms with E-state index in [4.69, 9.17) is 10.2 Å². The Balaban J connectivity index is 0. The van der Waals surface area contributed by atoms with Crippen LogP contribution in [-0.2, 0) is 9.59 Å². The monoisotopic (exact) mass is 162 g/mol. The van der Waals surface area contributed by atoms with Crippen molar-refractivity contribution in [3.8, 4) is 0 Å². The molecule has 4 N–H and O–H groups in total. The molecule has 0 heterocycles. The van der Waals surface area contributed by atoms with Crippen molar-refractivity contribution >= 4 is 11.9 Å². The van der Waals surface area contributed by atoms with Crippen LogP contribution in [0.15, 0.2) is 11.6 Å². The van der Waals surface area contributed by atoms with Crippen molar-refractivity contribution in [2.45, 2.75) is 13.3 Å². The van der Waals surface area contributed by atoms with E-state index in [1.807, 2.05) is 0 Å². The normalized spacial score (nSPS) is 10.1. The van der Waals surface area contributed by atoms with E-state index < -0.39 is 11.9 Å². The van der Waals surface area contributed by atoms with Crippen molar-refractivity contribution in [2.24, 2.45) is 0 Å². The second-order valence-corrected chi connectivity index (χ2v) is 1.90. The first-order valence-corrected chi connectivity index (χ1v) is 2.64. The Kier molecular flexibility index (Phi) is 6.08. The van der Waals surface area contributed by atoms with E-state index in [1.54, 1.807) is 0 Å². The van der Waals surface area contributed by atoms with Gasteiger partial charge in [0.2, 0.25) is 0 Å². The third kappa shape index (κ3) is 8.64. The highest BCUT2D eigenvalue weighted by Crippen LogP contribution is 1.97. The minimum Gasteiger partial charge on any atom is -0.481 e. The SMILES string of the molecule is CC(=CC(=O)O)CC(=O)O.O. The van der Waals surface area contributed by atoms with Crippen LogP contribution in [0.3, 0.4) is 0 Å². The minimum absolute atomic E-state index is 0. The summed E-state index contributed by atoms with van der Waals surface area (Å²) >= 11 is 0. The van der Waals surface area contributed by atoms with Crippen LogP contribution in [0.25, 0.3) is 0 Å². The number of aliphatic carboxylic acids is 2. The molecule has 5 nitrogen and oxygen atoms in total. The van der Waals surface area contributed by atoms with Crippen molar-refractivity contribution in [2.75, 3.05) is 0 Å². The van der Waals surface area contributed by atoms with Gasteiger partial charge in [-0.3, -0.25) is 4.79 Å². The van der Waals surface area contributed by atoms with Crippen LogP contribution in [-0.4, -0.2) is 27.6 Å². The molecule has 0 saturated carbocycles. The first-order chi connectivity index (χ1) is 4.52. The van der Waals surface area contributed by atoms with Gasteiger partial charge in [0, 0.05) is 6.08 Å². The zero-order valence-corrected chi connectivity index (χ0v) is 6.00. The van der Waals surface area contributed by atoms with Crippen LogP contribution < -0.4 is 0 Å². The summed E-state index contributed by atoms with van der Waals surface area (Å²) in [6, 6.07) is 0. The summed E-state index contributed by atoms with van der Waals surface area (Å²) in [5, 5.41) is 16.3. The Morgan fingerprint density at radius 1 is 1.36 bits per heavy atom. The third-order valence-electron chi connectivity index (χ3n) is 0.800. The molecule has 0 aromatic carbocycles.